The van der Waals surface area contributed by atoms with Gasteiger partial charge in [0, 0.05) is 11.5 Å². The molecular formula is C25H23NO4. The maximum atomic E-state index is 12.0. The molecule has 1 aliphatic heterocycles. The van der Waals surface area contributed by atoms with Crippen LogP contribution in [0.1, 0.15) is 44.6 Å². The Balaban J connectivity index is 1.74. The Morgan fingerprint density at radius 2 is 1.67 bits per heavy atom. The van der Waals surface area contributed by atoms with E-state index in [2.05, 4.69) is 29.6 Å². The van der Waals surface area contributed by atoms with Gasteiger partial charge in [0.25, 0.3) is 0 Å². The third kappa shape index (κ3) is 2.65. The molecule has 0 fully saturated rings. The fourth-order valence-corrected chi connectivity index (χ4v) is 5.23. The van der Waals surface area contributed by atoms with Gasteiger partial charge in [-0.25, -0.2) is 4.79 Å². The van der Waals surface area contributed by atoms with E-state index in [0.717, 1.165) is 17.5 Å². The highest BCUT2D eigenvalue weighted by atomic mass is 16.5. The number of fused-ring (bicyclic) bond motifs is 5. The Morgan fingerprint density at radius 1 is 0.933 bits per heavy atom. The topological polar surface area (TPSA) is 67.8 Å². The highest BCUT2D eigenvalue weighted by Gasteiger charge is 2.45. The number of benzene rings is 3. The molecule has 0 radical (unpaired) electrons. The molecule has 0 amide bonds. The SMILES string of the molecule is COc1cccc(C2Nc3c(C(=O)O)cccc3C3c4ccccc4CC23)c1OC. The predicted octanol–water partition coefficient (Wildman–Crippen LogP) is 4.87. The second kappa shape index (κ2) is 7.10. The molecule has 0 saturated carbocycles. The standard InChI is InChI=1S/C25H23NO4/c1-29-20-12-6-10-17(24(20)30-2)23-19-13-14-7-3-4-8-15(14)21(19)16-9-5-11-18(25(27)28)22(16)26-23/h3-12,19,21,23,26H,13H2,1-2H3,(H,27,28). The van der Waals surface area contributed by atoms with E-state index in [1.165, 1.54) is 11.1 Å². The Hall–Kier alpha value is -3.47. The molecule has 2 aliphatic rings. The van der Waals surface area contributed by atoms with Crippen molar-refractivity contribution in [1.29, 1.82) is 0 Å². The zero-order valence-corrected chi connectivity index (χ0v) is 16.9. The average Bonchev–Trinajstić information content (AvgIpc) is 3.17. The monoisotopic (exact) mass is 401 g/mol. The predicted molar refractivity (Wildman–Crippen MR) is 115 cm³/mol. The number of methoxy groups -OCH3 is 2. The number of hydrogen-bond donors (Lipinski definition) is 2. The smallest absolute Gasteiger partial charge is 0.337 e. The normalized spacial score (nSPS) is 21.1. The largest absolute Gasteiger partial charge is 0.493 e. The van der Waals surface area contributed by atoms with Crippen LogP contribution in [0.25, 0.3) is 0 Å². The molecule has 3 aromatic carbocycles. The molecular weight excluding hydrogens is 378 g/mol. The summed E-state index contributed by atoms with van der Waals surface area (Å²) in [6, 6.07) is 19.8. The van der Waals surface area contributed by atoms with Crippen molar-refractivity contribution in [2.45, 2.75) is 18.4 Å². The second-order valence-corrected chi connectivity index (χ2v) is 7.82. The van der Waals surface area contributed by atoms with Crippen molar-refractivity contribution in [1.82, 2.24) is 0 Å². The van der Waals surface area contributed by atoms with Crippen LogP contribution in [0.5, 0.6) is 11.5 Å². The summed E-state index contributed by atoms with van der Waals surface area (Å²) in [6.45, 7) is 0. The number of hydrogen-bond acceptors (Lipinski definition) is 4. The van der Waals surface area contributed by atoms with Crippen LogP contribution in [-0.4, -0.2) is 25.3 Å². The van der Waals surface area contributed by atoms with Gasteiger partial charge in [0.1, 0.15) is 0 Å². The summed E-state index contributed by atoms with van der Waals surface area (Å²) in [5, 5.41) is 13.4. The summed E-state index contributed by atoms with van der Waals surface area (Å²) in [7, 11) is 3.27. The summed E-state index contributed by atoms with van der Waals surface area (Å²) in [6.07, 6.45) is 0.912. The molecule has 1 heterocycles. The van der Waals surface area contributed by atoms with E-state index in [1.54, 1.807) is 20.3 Å². The van der Waals surface area contributed by atoms with Gasteiger partial charge >= 0.3 is 5.97 Å². The van der Waals surface area contributed by atoms with E-state index in [9.17, 15) is 9.90 Å². The van der Waals surface area contributed by atoms with Gasteiger partial charge in [-0.15, -0.1) is 0 Å². The summed E-state index contributed by atoms with van der Waals surface area (Å²) in [5.41, 5.74) is 5.60. The van der Waals surface area contributed by atoms with E-state index < -0.39 is 5.97 Å². The summed E-state index contributed by atoms with van der Waals surface area (Å²) >= 11 is 0. The summed E-state index contributed by atoms with van der Waals surface area (Å²) in [4.78, 5) is 12.0. The van der Waals surface area contributed by atoms with E-state index in [4.69, 9.17) is 9.47 Å². The lowest BCUT2D eigenvalue weighted by atomic mass is 9.74. The van der Waals surface area contributed by atoms with Gasteiger partial charge in [0.2, 0.25) is 0 Å². The molecule has 0 bridgehead atoms. The fourth-order valence-electron chi connectivity index (χ4n) is 5.23. The first-order valence-corrected chi connectivity index (χ1v) is 10.1. The lowest BCUT2D eigenvalue weighted by Gasteiger charge is -2.39. The summed E-state index contributed by atoms with van der Waals surface area (Å²) in [5.74, 6) is 0.780. The molecule has 5 rings (SSSR count). The van der Waals surface area contributed by atoms with Crippen molar-refractivity contribution < 1.29 is 19.4 Å². The fraction of sp³-hybridized carbons (Fsp3) is 0.240. The van der Waals surface area contributed by atoms with Gasteiger partial charge < -0.3 is 19.9 Å². The third-order valence-electron chi connectivity index (χ3n) is 6.43. The Bertz CT molecular complexity index is 1140. The van der Waals surface area contributed by atoms with Crippen LogP contribution >= 0.6 is 0 Å². The van der Waals surface area contributed by atoms with Crippen molar-refractivity contribution in [3.05, 3.63) is 88.5 Å². The van der Waals surface area contributed by atoms with Gasteiger partial charge in [-0.3, -0.25) is 0 Å². The van der Waals surface area contributed by atoms with Crippen LogP contribution in [-0.2, 0) is 6.42 Å². The first-order valence-electron chi connectivity index (χ1n) is 10.1. The quantitative estimate of drug-likeness (QED) is 0.653. The molecule has 1 aliphatic carbocycles. The van der Waals surface area contributed by atoms with Crippen molar-refractivity contribution >= 4 is 11.7 Å². The molecule has 3 atom stereocenters. The Kier molecular flexibility index (Phi) is 4.39. The first-order chi connectivity index (χ1) is 14.6. The first kappa shape index (κ1) is 18.6. The molecule has 0 aromatic heterocycles. The number of nitrogens with one attached hydrogen (secondary N) is 1. The molecule has 5 nitrogen and oxygen atoms in total. The van der Waals surface area contributed by atoms with Crippen LogP contribution in [0.15, 0.2) is 60.7 Å². The number of rotatable bonds is 4. The highest BCUT2D eigenvalue weighted by Crippen LogP contribution is 2.56. The van der Waals surface area contributed by atoms with Gasteiger partial charge in [0.05, 0.1) is 31.5 Å². The van der Waals surface area contributed by atoms with Crippen LogP contribution in [0.2, 0.25) is 0 Å². The van der Waals surface area contributed by atoms with Crippen molar-refractivity contribution in [3.63, 3.8) is 0 Å². The number of anilines is 1. The van der Waals surface area contributed by atoms with Gasteiger partial charge in [-0.1, -0.05) is 48.5 Å². The lowest BCUT2D eigenvalue weighted by molar-refractivity contribution is 0.0697. The van der Waals surface area contributed by atoms with Crippen molar-refractivity contribution in [2.24, 2.45) is 5.92 Å². The van der Waals surface area contributed by atoms with E-state index in [0.29, 0.717) is 22.7 Å². The number of aromatic carboxylic acids is 1. The minimum Gasteiger partial charge on any atom is -0.493 e. The van der Waals surface area contributed by atoms with E-state index in [1.807, 2.05) is 30.3 Å². The number of carboxylic acid groups (broad SMARTS) is 1. The minimum atomic E-state index is -0.930. The van der Waals surface area contributed by atoms with E-state index >= 15 is 0 Å². The zero-order valence-electron chi connectivity index (χ0n) is 16.9. The van der Waals surface area contributed by atoms with Crippen molar-refractivity contribution in [2.75, 3.05) is 19.5 Å². The molecule has 3 aromatic rings. The number of carbonyl (C=O) groups is 1. The van der Waals surface area contributed by atoms with Crippen LogP contribution in [0.4, 0.5) is 5.69 Å². The van der Waals surface area contributed by atoms with Crippen LogP contribution in [0, 0.1) is 5.92 Å². The maximum absolute atomic E-state index is 12.0. The molecule has 3 unspecified atom stereocenters. The maximum Gasteiger partial charge on any atom is 0.337 e. The molecule has 5 heteroatoms. The molecule has 0 spiro atoms. The van der Waals surface area contributed by atoms with Gasteiger partial charge in [-0.2, -0.15) is 0 Å². The van der Waals surface area contributed by atoms with Crippen LogP contribution < -0.4 is 14.8 Å². The zero-order chi connectivity index (χ0) is 20.8. The lowest BCUT2D eigenvalue weighted by Crippen LogP contribution is -2.31. The van der Waals surface area contributed by atoms with E-state index in [-0.39, 0.29) is 17.9 Å². The molecule has 152 valence electrons. The molecule has 30 heavy (non-hydrogen) atoms. The Morgan fingerprint density at radius 3 is 2.43 bits per heavy atom. The van der Waals surface area contributed by atoms with Gasteiger partial charge in [0.15, 0.2) is 11.5 Å². The highest BCUT2D eigenvalue weighted by molar-refractivity contribution is 5.96. The average molecular weight is 401 g/mol. The van der Waals surface area contributed by atoms with Crippen LogP contribution in [0.3, 0.4) is 0 Å². The third-order valence-corrected chi connectivity index (χ3v) is 6.43. The second-order valence-electron chi connectivity index (χ2n) is 7.82. The van der Waals surface area contributed by atoms with Crippen molar-refractivity contribution in [3.8, 4) is 11.5 Å². The Labute approximate surface area is 175 Å². The number of carboxylic acids is 1. The minimum absolute atomic E-state index is 0.111. The number of ether oxygens (including phenoxy) is 2. The summed E-state index contributed by atoms with van der Waals surface area (Å²) < 4.78 is 11.3. The van der Waals surface area contributed by atoms with Gasteiger partial charge in [-0.05, 0) is 41.2 Å². The number of para-hydroxylation sites is 2. The molecule has 0 saturated heterocycles. The molecule has 2 N–H and O–H groups in total.